The molecule has 5 nitrogen and oxygen atoms in total. The molecule has 0 unspecified atom stereocenters. The molecule has 0 saturated carbocycles. The van der Waals surface area contributed by atoms with Gasteiger partial charge in [-0.2, -0.15) is 14.9 Å². The summed E-state index contributed by atoms with van der Waals surface area (Å²) in [6.45, 7) is 4.09. The molecule has 0 aliphatic rings. The van der Waals surface area contributed by atoms with Gasteiger partial charge in [-0.3, -0.25) is 10.1 Å². The molecule has 0 aromatic carbocycles. The Morgan fingerprint density at radius 2 is 2.12 bits per heavy atom. The lowest BCUT2D eigenvalue weighted by Crippen LogP contribution is -2.00. The monoisotopic (exact) mass is 247 g/mol. The molecule has 0 amide bonds. The Labute approximate surface area is 104 Å². The first-order valence-corrected chi connectivity index (χ1v) is 5.71. The van der Waals surface area contributed by atoms with Crippen LogP contribution in [0.5, 0.6) is 0 Å². The highest BCUT2D eigenvalue weighted by molar-refractivity contribution is 7.71. The SMILES string of the molecule is CC(C)c1n[nH]c(=S)n1/N=C\c1ccncc1. The fraction of sp³-hybridized carbons (Fsp3) is 0.273. The first-order valence-electron chi connectivity index (χ1n) is 5.30. The summed E-state index contributed by atoms with van der Waals surface area (Å²) in [6.07, 6.45) is 5.18. The highest BCUT2D eigenvalue weighted by Crippen LogP contribution is 2.11. The second-order valence-corrected chi connectivity index (χ2v) is 4.27. The van der Waals surface area contributed by atoms with Crippen LogP contribution in [0.4, 0.5) is 0 Å². The fourth-order valence-electron chi connectivity index (χ4n) is 1.36. The van der Waals surface area contributed by atoms with Gasteiger partial charge >= 0.3 is 0 Å². The summed E-state index contributed by atoms with van der Waals surface area (Å²) in [5.74, 6) is 1.08. The molecule has 0 aliphatic carbocycles. The Balaban J connectivity index is 2.33. The van der Waals surface area contributed by atoms with Crippen LogP contribution in [0.15, 0.2) is 29.6 Å². The maximum atomic E-state index is 5.13. The quantitative estimate of drug-likeness (QED) is 0.669. The van der Waals surface area contributed by atoms with Gasteiger partial charge in [-0.15, -0.1) is 0 Å². The number of nitrogens with zero attached hydrogens (tertiary/aromatic N) is 4. The van der Waals surface area contributed by atoms with Gasteiger partial charge in [-0.1, -0.05) is 13.8 Å². The molecule has 0 spiro atoms. The number of rotatable bonds is 3. The summed E-state index contributed by atoms with van der Waals surface area (Å²) in [4.78, 5) is 3.95. The Bertz CT molecular complexity index is 567. The van der Waals surface area contributed by atoms with Gasteiger partial charge in [0, 0.05) is 18.3 Å². The van der Waals surface area contributed by atoms with E-state index < -0.39 is 0 Å². The van der Waals surface area contributed by atoms with E-state index in [1.165, 1.54) is 0 Å². The molecule has 2 rings (SSSR count). The van der Waals surface area contributed by atoms with Crippen LogP contribution in [0, 0.1) is 4.77 Å². The smallest absolute Gasteiger partial charge is 0.216 e. The second kappa shape index (κ2) is 5.01. The summed E-state index contributed by atoms with van der Waals surface area (Å²) in [5, 5.41) is 11.2. The lowest BCUT2D eigenvalue weighted by molar-refractivity contribution is 0.695. The Hall–Kier alpha value is -1.82. The topological polar surface area (TPSA) is 58.9 Å². The summed E-state index contributed by atoms with van der Waals surface area (Å²) < 4.78 is 2.14. The number of pyridine rings is 1. The molecule has 0 atom stereocenters. The van der Waals surface area contributed by atoms with Gasteiger partial charge in [0.25, 0.3) is 0 Å². The number of aromatic amines is 1. The number of hydrogen-bond donors (Lipinski definition) is 1. The second-order valence-electron chi connectivity index (χ2n) is 3.88. The first kappa shape index (κ1) is 11.7. The maximum Gasteiger partial charge on any atom is 0.216 e. The van der Waals surface area contributed by atoms with Crippen LogP contribution in [-0.4, -0.2) is 26.1 Å². The zero-order chi connectivity index (χ0) is 12.3. The van der Waals surface area contributed by atoms with Crippen molar-refractivity contribution in [3.8, 4) is 0 Å². The van der Waals surface area contributed by atoms with E-state index in [0.717, 1.165) is 11.4 Å². The summed E-state index contributed by atoms with van der Waals surface area (Å²) >= 11 is 5.13. The Morgan fingerprint density at radius 1 is 1.41 bits per heavy atom. The molecule has 2 aromatic rings. The molecule has 88 valence electrons. The first-order chi connectivity index (χ1) is 8.18. The van der Waals surface area contributed by atoms with Crippen LogP contribution in [0.25, 0.3) is 0 Å². The van der Waals surface area contributed by atoms with E-state index in [4.69, 9.17) is 12.2 Å². The van der Waals surface area contributed by atoms with E-state index in [-0.39, 0.29) is 5.92 Å². The van der Waals surface area contributed by atoms with E-state index in [1.807, 2.05) is 26.0 Å². The van der Waals surface area contributed by atoms with Crippen LogP contribution in [0.3, 0.4) is 0 Å². The van der Waals surface area contributed by atoms with Crippen molar-refractivity contribution in [2.45, 2.75) is 19.8 Å². The molecule has 0 radical (unpaired) electrons. The van der Waals surface area contributed by atoms with Crippen molar-refractivity contribution < 1.29 is 0 Å². The normalized spacial score (nSPS) is 11.5. The van der Waals surface area contributed by atoms with Crippen LogP contribution in [0.2, 0.25) is 0 Å². The summed E-state index contributed by atoms with van der Waals surface area (Å²) in [5.41, 5.74) is 0.970. The third-order valence-corrected chi connectivity index (χ3v) is 2.48. The molecular formula is C11H13N5S. The largest absolute Gasteiger partial charge is 0.265 e. The molecule has 1 N–H and O–H groups in total. The van der Waals surface area contributed by atoms with Crippen molar-refractivity contribution in [3.05, 3.63) is 40.7 Å². The van der Waals surface area contributed by atoms with Gasteiger partial charge in [0.1, 0.15) is 0 Å². The van der Waals surface area contributed by atoms with Crippen LogP contribution < -0.4 is 0 Å². The van der Waals surface area contributed by atoms with E-state index in [0.29, 0.717) is 4.77 Å². The Kier molecular flexibility index (Phi) is 3.43. The number of H-pyrrole nitrogens is 1. The molecule has 0 bridgehead atoms. The standard InChI is InChI=1S/C11H13N5S/c1-8(2)10-14-15-11(17)16(10)13-7-9-3-5-12-6-4-9/h3-8H,1-2H3,(H,15,17)/b13-7-. The van der Waals surface area contributed by atoms with Crippen LogP contribution >= 0.6 is 12.2 Å². The lowest BCUT2D eigenvalue weighted by Gasteiger charge is -2.02. The van der Waals surface area contributed by atoms with Crippen molar-refractivity contribution in [1.29, 1.82) is 0 Å². The fourth-order valence-corrected chi connectivity index (χ4v) is 1.55. The molecule has 6 heteroatoms. The number of hydrogen-bond acceptors (Lipinski definition) is 4. The van der Waals surface area contributed by atoms with Crippen molar-refractivity contribution in [2.24, 2.45) is 5.10 Å². The van der Waals surface area contributed by atoms with Crippen LogP contribution in [0.1, 0.15) is 31.2 Å². The molecule has 17 heavy (non-hydrogen) atoms. The summed E-state index contributed by atoms with van der Waals surface area (Å²) in [7, 11) is 0. The van der Waals surface area contributed by atoms with E-state index in [2.05, 4.69) is 20.3 Å². The van der Waals surface area contributed by atoms with Gasteiger partial charge in [-0.25, -0.2) is 0 Å². The number of aromatic nitrogens is 4. The summed E-state index contributed by atoms with van der Waals surface area (Å²) in [6, 6.07) is 3.75. The van der Waals surface area contributed by atoms with Gasteiger partial charge in [0.2, 0.25) is 4.77 Å². The molecular weight excluding hydrogens is 234 g/mol. The number of nitrogens with one attached hydrogen (secondary N) is 1. The minimum atomic E-state index is 0.262. The molecule has 2 aromatic heterocycles. The van der Waals surface area contributed by atoms with E-state index in [9.17, 15) is 0 Å². The van der Waals surface area contributed by atoms with Crippen LogP contribution in [-0.2, 0) is 0 Å². The minimum absolute atomic E-state index is 0.262. The zero-order valence-corrected chi connectivity index (χ0v) is 10.5. The molecule has 0 saturated heterocycles. The predicted octanol–water partition coefficient (Wildman–Crippen LogP) is 2.34. The van der Waals surface area contributed by atoms with Crippen molar-refractivity contribution in [2.75, 3.05) is 0 Å². The molecule has 0 fully saturated rings. The Morgan fingerprint density at radius 3 is 2.76 bits per heavy atom. The van der Waals surface area contributed by atoms with Crippen molar-refractivity contribution in [1.82, 2.24) is 19.9 Å². The lowest BCUT2D eigenvalue weighted by atomic mass is 10.2. The minimum Gasteiger partial charge on any atom is -0.265 e. The molecule has 2 heterocycles. The highest BCUT2D eigenvalue weighted by Gasteiger charge is 2.08. The van der Waals surface area contributed by atoms with Gasteiger partial charge in [-0.05, 0) is 29.9 Å². The maximum absolute atomic E-state index is 5.13. The third-order valence-electron chi connectivity index (χ3n) is 2.22. The van der Waals surface area contributed by atoms with Crippen molar-refractivity contribution in [3.63, 3.8) is 0 Å². The van der Waals surface area contributed by atoms with E-state index in [1.54, 1.807) is 23.3 Å². The zero-order valence-electron chi connectivity index (χ0n) is 9.66. The van der Waals surface area contributed by atoms with Crippen molar-refractivity contribution >= 4 is 18.4 Å². The average Bonchev–Trinajstić information content (AvgIpc) is 2.69. The van der Waals surface area contributed by atoms with Gasteiger partial charge in [0.15, 0.2) is 5.82 Å². The average molecular weight is 247 g/mol. The molecule has 0 aliphatic heterocycles. The predicted molar refractivity (Wildman–Crippen MR) is 68.7 cm³/mol. The van der Waals surface area contributed by atoms with Gasteiger partial charge in [0.05, 0.1) is 6.21 Å². The van der Waals surface area contributed by atoms with E-state index >= 15 is 0 Å². The van der Waals surface area contributed by atoms with Gasteiger partial charge < -0.3 is 0 Å². The third kappa shape index (κ3) is 2.65. The highest BCUT2D eigenvalue weighted by atomic mass is 32.1.